The molecule has 2 heterocycles. The van der Waals surface area contributed by atoms with E-state index in [1.807, 2.05) is 48.7 Å². The van der Waals surface area contributed by atoms with Crippen LogP contribution in [-0.2, 0) is 10.8 Å². The van der Waals surface area contributed by atoms with Crippen LogP contribution < -0.4 is 0 Å². The highest BCUT2D eigenvalue weighted by Crippen LogP contribution is 2.38. The number of phenols is 1. The van der Waals surface area contributed by atoms with E-state index in [0.717, 1.165) is 39.3 Å². The summed E-state index contributed by atoms with van der Waals surface area (Å²) in [6.45, 7) is 13.5. The molecule has 0 aliphatic heterocycles. The number of hydrogen-bond donors (Lipinski definition) is 1. The summed E-state index contributed by atoms with van der Waals surface area (Å²) in [5, 5.41) is 10.7. The number of nitrogens with zero attached hydrogens (tertiary/aromatic N) is 2. The minimum absolute atomic E-state index is 0.00339. The lowest BCUT2D eigenvalue weighted by molar-refractivity contribution is 0.477. The van der Waals surface area contributed by atoms with Crippen molar-refractivity contribution in [2.45, 2.75) is 52.4 Å². The first-order valence-electron chi connectivity index (χ1n) is 13.5. The monoisotopic (exact) mass is 512 g/mol. The summed E-state index contributed by atoms with van der Waals surface area (Å²) in [6, 6.07) is 32.9. The van der Waals surface area contributed by atoms with E-state index in [2.05, 4.69) is 95.1 Å². The molecule has 5 rings (SSSR count). The molecule has 0 amide bonds. The lowest BCUT2D eigenvalue weighted by atomic mass is 9.79. The Balaban J connectivity index is 1.75. The zero-order chi connectivity index (χ0) is 27.8. The van der Waals surface area contributed by atoms with Crippen LogP contribution in [0.2, 0.25) is 0 Å². The second-order valence-corrected chi connectivity index (χ2v) is 12.2. The van der Waals surface area contributed by atoms with Crippen LogP contribution >= 0.6 is 0 Å². The van der Waals surface area contributed by atoms with Gasteiger partial charge in [-0.1, -0.05) is 96.1 Å². The third kappa shape index (κ3) is 5.78. The van der Waals surface area contributed by atoms with E-state index in [4.69, 9.17) is 4.98 Å². The molecule has 0 atom stereocenters. The van der Waals surface area contributed by atoms with Gasteiger partial charge in [-0.3, -0.25) is 4.98 Å². The topological polar surface area (TPSA) is 46.0 Å². The Morgan fingerprint density at radius 1 is 0.513 bits per heavy atom. The van der Waals surface area contributed by atoms with Gasteiger partial charge in [0.15, 0.2) is 0 Å². The number of pyridine rings is 2. The Kier molecular flexibility index (Phi) is 6.86. The summed E-state index contributed by atoms with van der Waals surface area (Å²) in [7, 11) is 0. The van der Waals surface area contributed by atoms with E-state index in [9.17, 15) is 5.11 Å². The fraction of sp³-hybridized carbons (Fsp3) is 0.222. The summed E-state index contributed by atoms with van der Waals surface area (Å²) >= 11 is 0. The van der Waals surface area contributed by atoms with Crippen molar-refractivity contribution in [3.8, 4) is 50.6 Å². The van der Waals surface area contributed by atoms with Gasteiger partial charge in [-0.15, -0.1) is 0 Å². The fourth-order valence-electron chi connectivity index (χ4n) is 4.70. The number of benzene rings is 3. The lowest BCUT2D eigenvalue weighted by Crippen LogP contribution is -2.16. The van der Waals surface area contributed by atoms with Crippen LogP contribution in [-0.4, -0.2) is 15.1 Å². The highest BCUT2D eigenvalue weighted by atomic mass is 16.3. The van der Waals surface area contributed by atoms with Crippen molar-refractivity contribution in [2.24, 2.45) is 0 Å². The van der Waals surface area contributed by atoms with Gasteiger partial charge in [-0.2, -0.15) is 0 Å². The first kappa shape index (κ1) is 26.4. The molecule has 0 saturated heterocycles. The zero-order valence-corrected chi connectivity index (χ0v) is 23.7. The summed E-state index contributed by atoms with van der Waals surface area (Å²) in [5.41, 5.74) is 10.1. The molecule has 0 bridgehead atoms. The number of phenolic OH excluding ortho intramolecular Hbond substituents is 1. The Labute approximate surface area is 232 Å². The maximum atomic E-state index is 10.7. The number of para-hydroxylation sites is 1. The first-order valence-corrected chi connectivity index (χ1v) is 13.5. The van der Waals surface area contributed by atoms with Crippen LogP contribution in [0.4, 0.5) is 0 Å². The van der Waals surface area contributed by atoms with Crippen LogP contribution in [0, 0.1) is 0 Å². The largest absolute Gasteiger partial charge is 0.507 e. The summed E-state index contributed by atoms with van der Waals surface area (Å²) in [4.78, 5) is 9.59. The average Bonchev–Trinajstić information content (AvgIpc) is 2.92. The van der Waals surface area contributed by atoms with E-state index < -0.39 is 0 Å². The summed E-state index contributed by atoms with van der Waals surface area (Å²) < 4.78 is 0. The van der Waals surface area contributed by atoms with Gasteiger partial charge in [0.25, 0.3) is 0 Å². The van der Waals surface area contributed by atoms with Gasteiger partial charge in [0.1, 0.15) is 5.75 Å². The maximum absolute atomic E-state index is 10.7. The molecule has 0 aliphatic carbocycles. The molecule has 39 heavy (non-hydrogen) atoms. The minimum atomic E-state index is 0.00339. The first-order chi connectivity index (χ1) is 18.5. The zero-order valence-electron chi connectivity index (χ0n) is 23.7. The predicted molar refractivity (Wildman–Crippen MR) is 163 cm³/mol. The molecule has 3 nitrogen and oxygen atoms in total. The molecular formula is C36H36N2O. The minimum Gasteiger partial charge on any atom is -0.507 e. The van der Waals surface area contributed by atoms with Gasteiger partial charge in [0.05, 0.1) is 17.1 Å². The number of hydrogen-bond acceptors (Lipinski definition) is 3. The van der Waals surface area contributed by atoms with Crippen LogP contribution in [0.1, 0.15) is 52.7 Å². The molecule has 3 heteroatoms. The normalized spacial score (nSPS) is 11.9. The molecule has 3 aromatic carbocycles. The molecule has 0 radical (unpaired) electrons. The Morgan fingerprint density at radius 3 is 1.72 bits per heavy atom. The molecule has 1 N–H and O–H groups in total. The van der Waals surface area contributed by atoms with E-state index in [1.54, 1.807) is 6.07 Å². The highest BCUT2D eigenvalue weighted by molar-refractivity contribution is 5.80. The SMILES string of the molecule is CC(C)(C)c1cc(-c2cc(-c3cccc(-c4ccccn4)c3)nc(-c3ccccc3O)c2)cc(C(C)(C)C)c1. The maximum Gasteiger partial charge on any atom is 0.124 e. The van der Waals surface area contributed by atoms with Gasteiger partial charge in [-0.25, -0.2) is 4.98 Å². The molecule has 0 spiro atoms. The molecule has 5 aromatic rings. The molecule has 2 aromatic heterocycles. The van der Waals surface area contributed by atoms with Gasteiger partial charge in [0, 0.05) is 22.9 Å². The smallest absolute Gasteiger partial charge is 0.124 e. The van der Waals surface area contributed by atoms with Crippen molar-refractivity contribution < 1.29 is 5.11 Å². The number of aromatic nitrogens is 2. The third-order valence-electron chi connectivity index (χ3n) is 7.12. The van der Waals surface area contributed by atoms with Crippen molar-refractivity contribution in [2.75, 3.05) is 0 Å². The standard InChI is InChI=1S/C36H36N2O/c1-35(2,3)28-19-26(20-29(23-28)36(4,5)6)27-21-32(38-33(22-27)30-14-7-8-16-34(30)39)25-13-11-12-24(18-25)31-15-9-10-17-37-31/h7-23,39H,1-6H3. The van der Waals surface area contributed by atoms with Crippen LogP contribution in [0.25, 0.3) is 44.9 Å². The quantitative estimate of drug-likeness (QED) is 0.261. The molecule has 196 valence electrons. The fourth-order valence-corrected chi connectivity index (χ4v) is 4.70. The summed E-state index contributed by atoms with van der Waals surface area (Å²) in [5.74, 6) is 0.217. The lowest BCUT2D eigenvalue weighted by Gasteiger charge is -2.26. The Hall–Kier alpha value is -4.24. The van der Waals surface area contributed by atoms with Crippen molar-refractivity contribution in [1.29, 1.82) is 0 Å². The molecule has 0 saturated carbocycles. The molecule has 0 aliphatic rings. The second-order valence-electron chi connectivity index (χ2n) is 12.2. The number of rotatable bonds is 4. The Morgan fingerprint density at radius 2 is 1.10 bits per heavy atom. The third-order valence-corrected chi connectivity index (χ3v) is 7.12. The second kappa shape index (κ2) is 10.1. The predicted octanol–water partition coefficient (Wildman–Crippen LogP) is 9.45. The van der Waals surface area contributed by atoms with Crippen LogP contribution in [0.5, 0.6) is 5.75 Å². The van der Waals surface area contributed by atoms with Gasteiger partial charge in [0.2, 0.25) is 0 Å². The van der Waals surface area contributed by atoms with Gasteiger partial charge in [-0.05, 0) is 75.5 Å². The highest BCUT2D eigenvalue weighted by Gasteiger charge is 2.22. The van der Waals surface area contributed by atoms with E-state index in [1.165, 1.54) is 11.1 Å². The van der Waals surface area contributed by atoms with Gasteiger partial charge < -0.3 is 5.11 Å². The Bertz CT molecular complexity index is 1590. The van der Waals surface area contributed by atoms with E-state index >= 15 is 0 Å². The van der Waals surface area contributed by atoms with Crippen molar-refractivity contribution in [3.63, 3.8) is 0 Å². The van der Waals surface area contributed by atoms with E-state index in [0.29, 0.717) is 5.56 Å². The van der Waals surface area contributed by atoms with Crippen LogP contribution in [0.3, 0.4) is 0 Å². The van der Waals surface area contributed by atoms with Gasteiger partial charge >= 0.3 is 0 Å². The van der Waals surface area contributed by atoms with E-state index in [-0.39, 0.29) is 16.6 Å². The van der Waals surface area contributed by atoms with Crippen molar-refractivity contribution in [1.82, 2.24) is 9.97 Å². The van der Waals surface area contributed by atoms with Crippen molar-refractivity contribution >= 4 is 0 Å². The molecule has 0 fully saturated rings. The molecular weight excluding hydrogens is 476 g/mol. The molecule has 0 unspecified atom stereocenters. The number of aromatic hydroxyl groups is 1. The van der Waals surface area contributed by atoms with Crippen LogP contribution in [0.15, 0.2) is 103 Å². The average molecular weight is 513 g/mol. The summed E-state index contributed by atoms with van der Waals surface area (Å²) in [6.07, 6.45) is 1.81. The van der Waals surface area contributed by atoms with Crippen molar-refractivity contribution in [3.05, 3.63) is 114 Å².